The van der Waals surface area contributed by atoms with E-state index in [-0.39, 0.29) is 17.7 Å². The van der Waals surface area contributed by atoms with Crippen LogP contribution in [0.1, 0.15) is 41.6 Å². The molecule has 6 nitrogen and oxygen atoms in total. The van der Waals surface area contributed by atoms with Gasteiger partial charge in [0, 0.05) is 51.5 Å². The van der Waals surface area contributed by atoms with Gasteiger partial charge in [-0.25, -0.2) is 0 Å². The van der Waals surface area contributed by atoms with Crippen molar-refractivity contribution in [2.75, 3.05) is 31.5 Å². The second-order valence-corrected chi connectivity index (χ2v) is 11.5. The summed E-state index contributed by atoms with van der Waals surface area (Å²) in [6.07, 6.45) is 3.69. The van der Waals surface area contributed by atoms with Crippen LogP contribution in [-0.2, 0) is 4.79 Å². The van der Waals surface area contributed by atoms with Crippen LogP contribution in [0.3, 0.4) is 0 Å². The normalized spacial score (nSPS) is 17.8. The Kier molecular flexibility index (Phi) is 6.97. The van der Waals surface area contributed by atoms with Crippen LogP contribution in [-0.4, -0.2) is 53.8 Å². The van der Waals surface area contributed by atoms with Crippen molar-refractivity contribution in [3.8, 4) is 0 Å². The lowest BCUT2D eigenvalue weighted by atomic mass is 9.92. The van der Waals surface area contributed by atoms with Gasteiger partial charge in [-0.15, -0.1) is 0 Å². The second-order valence-electron chi connectivity index (χ2n) is 10.6. The third-order valence-corrected chi connectivity index (χ3v) is 8.72. The smallest absolute Gasteiger partial charge is 0.254 e. The lowest BCUT2D eigenvalue weighted by molar-refractivity contribution is -0.121. The van der Waals surface area contributed by atoms with Gasteiger partial charge < -0.3 is 19.5 Å². The minimum absolute atomic E-state index is 0.0186. The molecule has 1 N–H and O–H groups in total. The van der Waals surface area contributed by atoms with Crippen molar-refractivity contribution in [2.24, 2.45) is 5.92 Å². The van der Waals surface area contributed by atoms with Gasteiger partial charge >= 0.3 is 0 Å². The van der Waals surface area contributed by atoms with Crippen molar-refractivity contribution in [3.05, 3.63) is 76.3 Å². The van der Waals surface area contributed by atoms with Crippen molar-refractivity contribution in [3.63, 3.8) is 0 Å². The van der Waals surface area contributed by atoms with E-state index >= 15 is 0 Å². The molecule has 1 aromatic heterocycles. The number of carbonyl (C=O) groups is 2. The highest BCUT2D eigenvalue weighted by Gasteiger charge is 2.32. The first-order chi connectivity index (χ1) is 18.5. The molecule has 6 rings (SSSR count). The molecule has 38 heavy (non-hydrogen) atoms. The number of amides is 2. The molecule has 7 heteroatoms. The predicted molar refractivity (Wildman–Crippen MR) is 154 cm³/mol. The first kappa shape index (κ1) is 25.1. The van der Waals surface area contributed by atoms with E-state index in [9.17, 15) is 9.59 Å². The van der Waals surface area contributed by atoms with Crippen molar-refractivity contribution in [2.45, 2.75) is 38.6 Å². The van der Waals surface area contributed by atoms with Crippen molar-refractivity contribution >= 4 is 55.4 Å². The van der Waals surface area contributed by atoms with E-state index in [1.807, 2.05) is 72.5 Å². The summed E-state index contributed by atoms with van der Waals surface area (Å²) in [4.78, 5) is 30.7. The van der Waals surface area contributed by atoms with E-state index in [2.05, 4.69) is 26.1 Å². The summed E-state index contributed by atoms with van der Waals surface area (Å²) in [6, 6.07) is 20.2. The molecule has 0 radical (unpaired) electrons. The number of para-hydroxylation sites is 1. The number of fused-ring (bicyclic) bond motifs is 3. The van der Waals surface area contributed by atoms with Crippen LogP contribution in [0.5, 0.6) is 0 Å². The molecule has 0 spiro atoms. The Bertz CT molecular complexity index is 1500. The topological polar surface area (TPSA) is 65.8 Å². The molecular formula is C31H32BrN3O3. The van der Waals surface area contributed by atoms with Crippen LogP contribution < -0.4 is 5.32 Å². The third kappa shape index (κ3) is 4.97. The molecule has 0 bridgehead atoms. The van der Waals surface area contributed by atoms with E-state index < -0.39 is 0 Å². The monoisotopic (exact) mass is 573 g/mol. The van der Waals surface area contributed by atoms with Gasteiger partial charge in [-0.1, -0.05) is 34.1 Å². The van der Waals surface area contributed by atoms with E-state index in [4.69, 9.17) is 4.42 Å². The van der Waals surface area contributed by atoms with Crippen molar-refractivity contribution < 1.29 is 14.0 Å². The molecule has 3 aromatic carbocycles. The number of piperidine rings is 2. The highest BCUT2D eigenvalue weighted by atomic mass is 79.9. The summed E-state index contributed by atoms with van der Waals surface area (Å²) in [5.74, 6) is 0.248. The minimum Gasteiger partial charge on any atom is -0.456 e. The van der Waals surface area contributed by atoms with Crippen LogP contribution in [0, 0.1) is 12.8 Å². The number of rotatable bonds is 4. The summed E-state index contributed by atoms with van der Waals surface area (Å²) in [6.45, 7) is 5.40. The molecule has 0 unspecified atom stereocenters. The maximum absolute atomic E-state index is 13.1. The van der Waals surface area contributed by atoms with Crippen LogP contribution in [0.2, 0.25) is 0 Å². The number of carbonyl (C=O) groups excluding carboxylic acids is 2. The van der Waals surface area contributed by atoms with E-state index in [1.165, 1.54) is 0 Å². The van der Waals surface area contributed by atoms with Gasteiger partial charge in [-0.2, -0.15) is 0 Å². The average Bonchev–Trinajstić information content (AvgIpc) is 3.31. The average molecular weight is 575 g/mol. The Labute approximate surface area is 231 Å². The van der Waals surface area contributed by atoms with Gasteiger partial charge in [0.2, 0.25) is 5.91 Å². The highest BCUT2D eigenvalue weighted by Crippen LogP contribution is 2.31. The molecular weight excluding hydrogens is 542 g/mol. The molecule has 0 atom stereocenters. The Morgan fingerprint density at radius 2 is 1.61 bits per heavy atom. The Morgan fingerprint density at radius 3 is 2.37 bits per heavy atom. The van der Waals surface area contributed by atoms with Crippen molar-refractivity contribution in [1.82, 2.24) is 9.80 Å². The summed E-state index contributed by atoms with van der Waals surface area (Å²) in [5, 5.41) is 5.23. The van der Waals surface area contributed by atoms with Gasteiger partial charge in [0.25, 0.3) is 5.91 Å². The standard InChI is InChI=1S/C31H32BrN3O3/c1-20-18-22(32)6-8-25(20)31(37)35-16-12-24(13-17-35)34-14-10-21(11-15-34)30(36)33-23-7-9-29-27(19-23)26-4-2-3-5-28(26)38-29/h2-9,18-19,21,24H,10-17H2,1H3,(H,33,36). The zero-order chi connectivity index (χ0) is 26.2. The Balaban J connectivity index is 1.01. The first-order valence-corrected chi connectivity index (χ1v) is 14.3. The fourth-order valence-corrected chi connectivity index (χ4v) is 6.52. The molecule has 4 aromatic rings. The minimum atomic E-state index is 0.0186. The molecule has 2 aliphatic heterocycles. The Morgan fingerprint density at radius 1 is 0.868 bits per heavy atom. The summed E-state index contributed by atoms with van der Waals surface area (Å²) >= 11 is 3.48. The fraction of sp³-hybridized carbons (Fsp3) is 0.355. The zero-order valence-corrected chi connectivity index (χ0v) is 23.2. The predicted octanol–water partition coefficient (Wildman–Crippen LogP) is 6.61. The maximum atomic E-state index is 13.1. The summed E-state index contributed by atoms with van der Waals surface area (Å²) in [5.41, 5.74) is 4.30. The van der Waals surface area contributed by atoms with Gasteiger partial charge in [0.15, 0.2) is 0 Å². The third-order valence-electron chi connectivity index (χ3n) is 8.23. The maximum Gasteiger partial charge on any atom is 0.254 e. The van der Waals surface area contributed by atoms with Crippen LogP contribution >= 0.6 is 15.9 Å². The molecule has 2 amide bonds. The number of aryl methyl sites for hydroxylation is 1. The second kappa shape index (κ2) is 10.5. The zero-order valence-electron chi connectivity index (χ0n) is 21.6. The van der Waals surface area contributed by atoms with E-state index in [0.717, 1.165) is 95.1 Å². The molecule has 0 aliphatic carbocycles. The molecule has 196 valence electrons. The number of nitrogens with zero attached hydrogens (tertiary/aromatic N) is 2. The quantitative estimate of drug-likeness (QED) is 0.298. The van der Waals surface area contributed by atoms with Crippen LogP contribution in [0.25, 0.3) is 21.9 Å². The molecule has 0 saturated carbocycles. The molecule has 2 saturated heterocycles. The van der Waals surface area contributed by atoms with Gasteiger partial charge in [0.05, 0.1) is 0 Å². The number of likely N-dealkylation sites (tertiary alicyclic amines) is 2. The SMILES string of the molecule is Cc1cc(Br)ccc1C(=O)N1CCC(N2CCC(C(=O)Nc3ccc4oc5ccccc5c4c3)CC2)CC1. The van der Waals surface area contributed by atoms with E-state index in [1.54, 1.807) is 0 Å². The summed E-state index contributed by atoms with van der Waals surface area (Å²) in [7, 11) is 0. The largest absolute Gasteiger partial charge is 0.456 e. The number of furan rings is 1. The number of hydrogen-bond donors (Lipinski definition) is 1. The number of hydrogen-bond acceptors (Lipinski definition) is 4. The first-order valence-electron chi connectivity index (χ1n) is 13.5. The number of benzene rings is 3. The highest BCUT2D eigenvalue weighted by molar-refractivity contribution is 9.10. The number of halogens is 1. The molecule has 2 aliphatic rings. The lowest BCUT2D eigenvalue weighted by Gasteiger charge is -2.41. The Hall–Kier alpha value is -3.16. The van der Waals surface area contributed by atoms with Gasteiger partial charge in [0.1, 0.15) is 11.2 Å². The fourth-order valence-electron chi connectivity index (χ4n) is 6.05. The van der Waals surface area contributed by atoms with Gasteiger partial charge in [-0.05, 0) is 93.7 Å². The summed E-state index contributed by atoms with van der Waals surface area (Å²) < 4.78 is 6.90. The number of nitrogens with one attached hydrogen (secondary N) is 1. The molecule has 3 heterocycles. The number of anilines is 1. The van der Waals surface area contributed by atoms with Crippen LogP contribution in [0.4, 0.5) is 5.69 Å². The van der Waals surface area contributed by atoms with Crippen molar-refractivity contribution in [1.29, 1.82) is 0 Å². The molecule has 2 fully saturated rings. The van der Waals surface area contributed by atoms with E-state index in [0.29, 0.717) is 6.04 Å². The van der Waals surface area contributed by atoms with Crippen LogP contribution in [0.15, 0.2) is 69.6 Å². The van der Waals surface area contributed by atoms with Gasteiger partial charge in [-0.3, -0.25) is 9.59 Å². The lowest BCUT2D eigenvalue weighted by Crippen LogP contribution is -2.49.